The molecule has 0 aromatic rings. The lowest BCUT2D eigenvalue weighted by molar-refractivity contribution is -0.128. The van der Waals surface area contributed by atoms with Crippen LogP contribution >= 0.6 is 0 Å². The van der Waals surface area contributed by atoms with Gasteiger partial charge in [-0.25, -0.2) is 0 Å². The summed E-state index contributed by atoms with van der Waals surface area (Å²) in [6, 6.07) is 0.572. The Kier molecular flexibility index (Phi) is 0.678. The molecule has 1 saturated heterocycles. The average molecular weight is 111 g/mol. The van der Waals surface area contributed by atoms with E-state index < -0.39 is 0 Å². The zero-order valence-electron chi connectivity index (χ0n) is 4.68. The molecule has 8 heavy (non-hydrogen) atoms. The minimum absolute atomic E-state index is 0.238. The molecule has 1 amide bonds. The summed E-state index contributed by atoms with van der Waals surface area (Å²) in [5.41, 5.74) is 0. The molecule has 2 fully saturated rings. The van der Waals surface area contributed by atoms with Crippen molar-refractivity contribution in [3.63, 3.8) is 0 Å². The first-order chi connectivity index (χ1) is 3.86. The van der Waals surface area contributed by atoms with Crippen molar-refractivity contribution in [2.75, 3.05) is 0 Å². The van der Waals surface area contributed by atoms with Crippen LogP contribution in [0.3, 0.4) is 0 Å². The molecule has 0 bridgehead atoms. The molecule has 1 unspecified atom stereocenters. The van der Waals surface area contributed by atoms with E-state index in [-0.39, 0.29) is 5.91 Å². The fraction of sp³-hybridized carbons (Fsp3) is 0.833. The lowest BCUT2D eigenvalue weighted by atomic mass is 10.0. The molecule has 1 saturated carbocycles. The van der Waals surface area contributed by atoms with E-state index in [1.54, 1.807) is 0 Å². The third-order valence-corrected chi connectivity index (χ3v) is 1.94. The molecule has 2 heteroatoms. The van der Waals surface area contributed by atoms with E-state index in [2.05, 4.69) is 5.32 Å². The molecule has 1 aliphatic heterocycles. The molecular formula is C6H9NO. The highest BCUT2D eigenvalue weighted by Crippen LogP contribution is 2.36. The molecule has 1 aliphatic carbocycles. The zero-order chi connectivity index (χ0) is 5.56. The maximum Gasteiger partial charge on any atom is 0.222 e. The van der Waals surface area contributed by atoms with Gasteiger partial charge >= 0.3 is 0 Å². The summed E-state index contributed by atoms with van der Waals surface area (Å²) < 4.78 is 0. The van der Waals surface area contributed by atoms with Crippen LogP contribution in [0.25, 0.3) is 0 Å². The van der Waals surface area contributed by atoms with Gasteiger partial charge in [0.05, 0.1) is 0 Å². The number of hydrogen-bond donors (Lipinski definition) is 1. The number of carbonyl (C=O) groups is 1. The van der Waals surface area contributed by atoms with Crippen LogP contribution in [0.15, 0.2) is 0 Å². The second kappa shape index (κ2) is 1.24. The number of hydrogen-bond acceptors (Lipinski definition) is 1. The topological polar surface area (TPSA) is 29.1 Å². The number of nitrogens with one attached hydrogen (secondary N) is 1. The predicted molar refractivity (Wildman–Crippen MR) is 29.3 cm³/mol. The first kappa shape index (κ1) is 4.36. The van der Waals surface area contributed by atoms with Gasteiger partial charge in [0.15, 0.2) is 0 Å². The van der Waals surface area contributed by atoms with Gasteiger partial charge in [-0.2, -0.15) is 0 Å². The molecule has 0 spiro atoms. The molecular weight excluding hydrogens is 102 g/mol. The van der Waals surface area contributed by atoms with Crippen molar-refractivity contribution in [3.8, 4) is 0 Å². The molecule has 1 heterocycles. The van der Waals surface area contributed by atoms with Crippen LogP contribution < -0.4 is 5.32 Å². The van der Waals surface area contributed by atoms with E-state index >= 15 is 0 Å². The van der Waals surface area contributed by atoms with Crippen LogP contribution in [0.1, 0.15) is 19.3 Å². The van der Waals surface area contributed by atoms with Crippen LogP contribution in [-0.2, 0) is 4.79 Å². The van der Waals surface area contributed by atoms with Crippen molar-refractivity contribution < 1.29 is 4.79 Å². The van der Waals surface area contributed by atoms with Gasteiger partial charge in [0.2, 0.25) is 5.91 Å². The van der Waals surface area contributed by atoms with Crippen molar-refractivity contribution in [1.82, 2.24) is 5.32 Å². The molecule has 44 valence electrons. The molecule has 0 radical (unpaired) electrons. The summed E-state index contributed by atoms with van der Waals surface area (Å²) >= 11 is 0. The minimum Gasteiger partial charge on any atom is -0.353 e. The van der Waals surface area contributed by atoms with E-state index in [4.69, 9.17) is 0 Å². The van der Waals surface area contributed by atoms with E-state index in [1.807, 2.05) is 0 Å². The van der Waals surface area contributed by atoms with Crippen molar-refractivity contribution in [2.45, 2.75) is 25.3 Å². The van der Waals surface area contributed by atoms with Gasteiger partial charge in [0, 0.05) is 12.5 Å². The quantitative estimate of drug-likeness (QED) is 0.484. The third-order valence-electron chi connectivity index (χ3n) is 1.94. The molecule has 0 aromatic heterocycles. The summed E-state index contributed by atoms with van der Waals surface area (Å²) in [6.45, 7) is 0. The number of rotatable bonds is 1. The average Bonchev–Trinajstić information content (AvgIpc) is 2.37. The van der Waals surface area contributed by atoms with Crippen molar-refractivity contribution in [2.24, 2.45) is 5.92 Å². The Hall–Kier alpha value is -0.530. The Balaban J connectivity index is 1.86. The van der Waals surface area contributed by atoms with Gasteiger partial charge in [-0.1, -0.05) is 0 Å². The van der Waals surface area contributed by atoms with E-state index in [0.29, 0.717) is 6.04 Å². The summed E-state index contributed by atoms with van der Waals surface area (Å²) in [7, 11) is 0. The second-order valence-electron chi connectivity index (χ2n) is 2.72. The highest BCUT2D eigenvalue weighted by molar-refractivity contribution is 5.83. The monoisotopic (exact) mass is 111 g/mol. The van der Waals surface area contributed by atoms with Gasteiger partial charge in [0.1, 0.15) is 0 Å². The van der Waals surface area contributed by atoms with Gasteiger partial charge < -0.3 is 5.32 Å². The van der Waals surface area contributed by atoms with Crippen LogP contribution in [0.5, 0.6) is 0 Å². The van der Waals surface area contributed by atoms with Gasteiger partial charge in [-0.15, -0.1) is 0 Å². The van der Waals surface area contributed by atoms with Crippen molar-refractivity contribution in [3.05, 3.63) is 0 Å². The van der Waals surface area contributed by atoms with Gasteiger partial charge in [-0.3, -0.25) is 4.79 Å². The third kappa shape index (κ3) is 0.522. The molecule has 2 nitrogen and oxygen atoms in total. The summed E-state index contributed by atoms with van der Waals surface area (Å²) in [6.07, 6.45) is 3.47. The summed E-state index contributed by atoms with van der Waals surface area (Å²) in [5.74, 6) is 1.09. The SMILES string of the molecule is O=C1CC(C2CC2)N1. The largest absolute Gasteiger partial charge is 0.353 e. The minimum atomic E-state index is 0.238. The summed E-state index contributed by atoms with van der Waals surface area (Å²) in [5, 5.41) is 2.87. The molecule has 1 atom stereocenters. The maximum atomic E-state index is 10.3. The van der Waals surface area contributed by atoms with Crippen molar-refractivity contribution >= 4 is 5.91 Å². The molecule has 2 aliphatic rings. The zero-order valence-corrected chi connectivity index (χ0v) is 4.68. The summed E-state index contributed by atoms with van der Waals surface area (Å²) in [4.78, 5) is 10.3. The lowest BCUT2D eigenvalue weighted by Crippen LogP contribution is -2.49. The highest BCUT2D eigenvalue weighted by atomic mass is 16.2. The van der Waals surface area contributed by atoms with Crippen LogP contribution in [0.2, 0.25) is 0 Å². The Labute approximate surface area is 48.3 Å². The molecule has 1 N–H and O–H groups in total. The smallest absolute Gasteiger partial charge is 0.222 e. The van der Waals surface area contributed by atoms with Crippen LogP contribution in [-0.4, -0.2) is 11.9 Å². The van der Waals surface area contributed by atoms with Gasteiger partial charge in [-0.05, 0) is 18.8 Å². The first-order valence-corrected chi connectivity index (χ1v) is 3.15. The first-order valence-electron chi connectivity index (χ1n) is 3.15. The fourth-order valence-electron chi connectivity index (χ4n) is 1.17. The lowest BCUT2D eigenvalue weighted by Gasteiger charge is -2.26. The Morgan fingerprint density at radius 2 is 2.12 bits per heavy atom. The number of amides is 1. The second-order valence-corrected chi connectivity index (χ2v) is 2.72. The highest BCUT2D eigenvalue weighted by Gasteiger charge is 2.38. The maximum absolute atomic E-state index is 10.3. The van der Waals surface area contributed by atoms with E-state index in [1.165, 1.54) is 12.8 Å². The van der Waals surface area contributed by atoms with E-state index in [0.717, 1.165) is 12.3 Å². The normalized spacial score (nSPS) is 36.0. The Morgan fingerprint density at radius 1 is 1.50 bits per heavy atom. The fourth-order valence-corrected chi connectivity index (χ4v) is 1.17. The molecule has 0 aromatic carbocycles. The number of β-lactam (4-membered cyclic amide) rings is 1. The van der Waals surface area contributed by atoms with Crippen LogP contribution in [0, 0.1) is 5.92 Å². The Bertz CT molecular complexity index is 120. The predicted octanol–water partition coefficient (Wildman–Crippen LogP) is 0.285. The Morgan fingerprint density at radius 3 is 2.50 bits per heavy atom. The standard InChI is InChI=1S/C6H9NO/c8-6-3-5(7-6)4-1-2-4/h4-5H,1-3H2,(H,7,8). The van der Waals surface area contributed by atoms with Crippen molar-refractivity contribution in [1.29, 1.82) is 0 Å². The van der Waals surface area contributed by atoms with Gasteiger partial charge in [0.25, 0.3) is 0 Å². The van der Waals surface area contributed by atoms with Crippen LogP contribution in [0.4, 0.5) is 0 Å². The van der Waals surface area contributed by atoms with E-state index in [9.17, 15) is 4.79 Å². The molecule has 2 rings (SSSR count). The number of carbonyl (C=O) groups excluding carboxylic acids is 1.